The smallest absolute Gasteiger partial charge is 0.341 e. The van der Waals surface area contributed by atoms with Crippen LogP contribution >= 0.6 is 35.3 Å². The Morgan fingerprint density at radius 1 is 1.12 bits per heavy atom. The summed E-state index contributed by atoms with van der Waals surface area (Å²) in [6.07, 6.45) is 12.3. The van der Waals surface area contributed by atoms with Gasteiger partial charge in [0, 0.05) is 23.4 Å². The van der Waals surface area contributed by atoms with Gasteiger partial charge in [0.2, 0.25) is 5.91 Å². The number of thiocarbonyl (C=S) groups is 1. The van der Waals surface area contributed by atoms with Crippen molar-refractivity contribution in [2.45, 2.75) is 83.7 Å². The lowest BCUT2D eigenvalue weighted by Crippen LogP contribution is -2.29. The van der Waals surface area contributed by atoms with Gasteiger partial charge in [0.1, 0.15) is 15.1 Å². The van der Waals surface area contributed by atoms with Crippen LogP contribution in [0.1, 0.15) is 91.1 Å². The van der Waals surface area contributed by atoms with Crippen LogP contribution in [0.4, 0.5) is 5.00 Å². The second kappa shape index (κ2) is 14.0. The highest BCUT2D eigenvalue weighted by molar-refractivity contribution is 8.26. The maximum absolute atomic E-state index is 13.2. The average Bonchev–Trinajstić information content (AvgIpc) is 3.46. The van der Waals surface area contributed by atoms with E-state index in [0.29, 0.717) is 32.8 Å². The number of amides is 2. The summed E-state index contributed by atoms with van der Waals surface area (Å²) in [6.45, 7) is 2.41. The maximum atomic E-state index is 13.2. The van der Waals surface area contributed by atoms with E-state index < -0.39 is 0 Å². The number of thiophene rings is 1. The van der Waals surface area contributed by atoms with Gasteiger partial charge in [-0.2, -0.15) is 0 Å². The molecule has 1 aromatic heterocycles. The first-order chi connectivity index (χ1) is 19.9. The number of carbonyl (C=O) groups excluding carboxylic acids is 3. The van der Waals surface area contributed by atoms with Crippen molar-refractivity contribution >= 4 is 68.5 Å². The predicted molar refractivity (Wildman–Crippen MR) is 169 cm³/mol. The molecule has 1 aliphatic heterocycles. The molecular weight excluding hydrogens is 577 g/mol. The van der Waals surface area contributed by atoms with Crippen LogP contribution in [0, 0.1) is 0 Å². The minimum Gasteiger partial charge on any atom is -0.490 e. The number of hydrogen-bond donors (Lipinski definition) is 1. The number of thioether (sulfide) groups is 1. The highest BCUT2D eigenvalue weighted by Crippen LogP contribution is 2.39. The molecule has 0 spiro atoms. The van der Waals surface area contributed by atoms with E-state index in [2.05, 4.69) is 5.32 Å². The van der Waals surface area contributed by atoms with Gasteiger partial charge in [0.05, 0.1) is 23.2 Å². The first-order valence-corrected chi connectivity index (χ1v) is 16.6. The van der Waals surface area contributed by atoms with E-state index in [9.17, 15) is 14.4 Å². The zero-order valence-corrected chi connectivity index (χ0v) is 25.8. The molecule has 2 aromatic rings. The number of esters is 1. The normalized spacial score (nSPS) is 18.5. The van der Waals surface area contributed by atoms with Crippen molar-refractivity contribution in [1.29, 1.82) is 0 Å². The van der Waals surface area contributed by atoms with E-state index in [1.807, 2.05) is 30.3 Å². The van der Waals surface area contributed by atoms with Crippen molar-refractivity contribution in [2.75, 3.05) is 18.5 Å². The van der Waals surface area contributed by atoms with Crippen molar-refractivity contribution in [3.63, 3.8) is 0 Å². The number of fused-ring (bicyclic) bond motifs is 1. The molecule has 0 unspecified atom stereocenters. The van der Waals surface area contributed by atoms with Crippen molar-refractivity contribution < 1.29 is 23.9 Å². The Bertz CT molecular complexity index is 1350. The topological polar surface area (TPSA) is 84.9 Å². The fourth-order valence-corrected chi connectivity index (χ4v) is 8.16. The summed E-state index contributed by atoms with van der Waals surface area (Å²) in [5, 5.41) is 3.52. The molecule has 1 N–H and O–H groups in total. The first-order valence-electron chi connectivity index (χ1n) is 14.6. The second-order valence-electron chi connectivity index (χ2n) is 10.5. The number of ether oxygens (including phenoxy) is 2. The van der Waals surface area contributed by atoms with Crippen molar-refractivity contribution in [3.8, 4) is 5.75 Å². The SMILES string of the molecule is CCOC(=O)c1c(NC(=O)CCCN2C(=O)/C(=C/c3ccccc3OC3CCCCC3)SC2=S)sc2c1CCCC2. The lowest BCUT2D eigenvalue weighted by Gasteiger charge is -2.23. The van der Waals surface area contributed by atoms with Crippen LogP contribution in [0.3, 0.4) is 0 Å². The second-order valence-corrected chi connectivity index (χ2v) is 13.3. The van der Waals surface area contributed by atoms with Crippen LogP contribution in [0.5, 0.6) is 5.75 Å². The van der Waals surface area contributed by atoms with Gasteiger partial charge in [-0.15, -0.1) is 11.3 Å². The van der Waals surface area contributed by atoms with Crippen LogP contribution in [0.2, 0.25) is 0 Å². The molecule has 1 aromatic carbocycles. The largest absolute Gasteiger partial charge is 0.490 e. The van der Waals surface area contributed by atoms with Gasteiger partial charge in [-0.25, -0.2) is 4.79 Å². The van der Waals surface area contributed by atoms with Gasteiger partial charge in [-0.05, 0) is 82.4 Å². The van der Waals surface area contributed by atoms with Gasteiger partial charge in [-0.3, -0.25) is 14.5 Å². The molecule has 0 radical (unpaired) electrons. The molecule has 2 heterocycles. The number of para-hydroxylation sites is 1. The molecular formula is C31H36N2O5S3. The minimum absolute atomic E-state index is 0.150. The molecule has 2 amide bonds. The lowest BCUT2D eigenvalue weighted by molar-refractivity contribution is -0.122. The molecule has 0 bridgehead atoms. The summed E-state index contributed by atoms with van der Waals surface area (Å²) < 4.78 is 12.1. The molecule has 41 heavy (non-hydrogen) atoms. The Kier molecular flexibility index (Phi) is 10.2. The van der Waals surface area contributed by atoms with E-state index in [1.165, 1.54) is 42.4 Å². The number of anilines is 1. The molecule has 10 heteroatoms. The minimum atomic E-state index is -0.378. The van der Waals surface area contributed by atoms with Crippen molar-refractivity contribution in [2.24, 2.45) is 0 Å². The molecule has 2 fully saturated rings. The summed E-state index contributed by atoms with van der Waals surface area (Å²) in [7, 11) is 0. The van der Waals surface area contributed by atoms with E-state index in [4.69, 9.17) is 21.7 Å². The van der Waals surface area contributed by atoms with Gasteiger partial charge in [-0.1, -0.05) is 48.6 Å². The van der Waals surface area contributed by atoms with Crippen LogP contribution < -0.4 is 10.1 Å². The van der Waals surface area contributed by atoms with E-state index in [1.54, 1.807) is 11.8 Å². The summed E-state index contributed by atoms with van der Waals surface area (Å²) in [5.41, 5.74) is 2.40. The van der Waals surface area contributed by atoms with Crippen LogP contribution in [0.15, 0.2) is 29.2 Å². The Hall–Kier alpha value is -2.69. The van der Waals surface area contributed by atoms with E-state index in [-0.39, 0.29) is 36.9 Å². The lowest BCUT2D eigenvalue weighted by atomic mass is 9.95. The van der Waals surface area contributed by atoms with Crippen molar-refractivity contribution in [3.05, 3.63) is 50.7 Å². The Balaban J connectivity index is 1.18. The Labute approximate surface area is 255 Å². The van der Waals surface area contributed by atoms with Gasteiger partial charge in [0.15, 0.2) is 0 Å². The standard InChI is InChI=1S/C31H36N2O5S3/c1-2-37-30(36)27-22-14-7-9-16-24(22)40-28(27)32-26(34)17-10-18-33-29(35)25(41-31(33)39)19-20-11-6-8-15-23(20)38-21-12-4-3-5-13-21/h6,8,11,15,19,21H,2-5,7,9-10,12-14,16-18H2,1H3,(H,32,34)/b25-19-. The highest BCUT2D eigenvalue weighted by Gasteiger charge is 2.32. The van der Waals surface area contributed by atoms with Crippen LogP contribution in [0.25, 0.3) is 6.08 Å². The van der Waals surface area contributed by atoms with Crippen molar-refractivity contribution in [1.82, 2.24) is 4.90 Å². The third-order valence-corrected chi connectivity index (χ3v) is 10.2. The molecule has 7 nitrogen and oxygen atoms in total. The molecule has 3 aliphatic rings. The number of carbonyl (C=O) groups is 3. The number of benzene rings is 1. The first kappa shape index (κ1) is 29.8. The van der Waals surface area contributed by atoms with Gasteiger partial charge < -0.3 is 14.8 Å². The highest BCUT2D eigenvalue weighted by atomic mass is 32.2. The molecule has 1 saturated heterocycles. The maximum Gasteiger partial charge on any atom is 0.341 e. The average molecular weight is 613 g/mol. The monoisotopic (exact) mass is 612 g/mol. The number of hydrogen-bond acceptors (Lipinski definition) is 8. The van der Waals surface area contributed by atoms with E-state index >= 15 is 0 Å². The molecule has 2 aliphatic carbocycles. The third-order valence-electron chi connectivity index (χ3n) is 7.61. The number of nitrogens with zero attached hydrogens (tertiary/aromatic N) is 1. The zero-order valence-electron chi connectivity index (χ0n) is 23.4. The molecule has 1 saturated carbocycles. The molecule has 5 rings (SSSR count). The summed E-state index contributed by atoms with van der Waals surface area (Å²) in [5.74, 6) is 0.0726. The van der Waals surface area contributed by atoms with Crippen LogP contribution in [-0.4, -0.2) is 46.3 Å². The zero-order chi connectivity index (χ0) is 28.8. The van der Waals surface area contributed by atoms with E-state index in [0.717, 1.165) is 60.3 Å². The summed E-state index contributed by atoms with van der Waals surface area (Å²) in [6, 6.07) is 7.81. The van der Waals surface area contributed by atoms with Crippen LogP contribution in [-0.2, 0) is 27.2 Å². The quantitative estimate of drug-likeness (QED) is 0.174. The number of nitrogens with one attached hydrogen (secondary N) is 1. The molecule has 218 valence electrons. The van der Waals surface area contributed by atoms with Gasteiger partial charge >= 0.3 is 5.97 Å². The molecule has 0 atom stereocenters. The predicted octanol–water partition coefficient (Wildman–Crippen LogP) is 7.14. The number of rotatable bonds is 10. The Morgan fingerprint density at radius 2 is 1.90 bits per heavy atom. The third kappa shape index (κ3) is 7.21. The Morgan fingerprint density at radius 3 is 2.71 bits per heavy atom. The summed E-state index contributed by atoms with van der Waals surface area (Å²) >= 11 is 8.28. The fourth-order valence-electron chi connectivity index (χ4n) is 5.56. The van der Waals surface area contributed by atoms with Gasteiger partial charge in [0.25, 0.3) is 5.91 Å². The number of aryl methyl sites for hydroxylation is 1. The fraction of sp³-hybridized carbons (Fsp3) is 0.484. The summed E-state index contributed by atoms with van der Waals surface area (Å²) in [4.78, 5) is 42.1.